The maximum Gasteiger partial charge on any atom is 0.433 e. The molecule has 1 aliphatic carbocycles. The second kappa shape index (κ2) is 13.0. The molecular weight excluding hydrogens is 599 g/mol. The van der Waals surface area contributed by atoms with Crippen molar-refractivity contribution < 1.29 is 23.0 Å². The molecule has 0 spiro atoms. The molecule has 46 heavy (non-hydrogen) atoms. The molecule has 14 heteroatoms. The van der Waals surface area contributed by atoms with Gasteiger partial charge < -0.3 is 15.2 Å². The number of likely N-dealkylation sites (tertiary alicyclic amines) is 2. The summed E-state index contributed by atoms with van der Waals surface area (Å²) in [5.74, 6) is 0.658. The molecule has 1 atom stereocenters. The lowest BCUT2D eigenvalue weighted by molar-refractivity contribution is -0.141. The van der Waals surface area contributed by atoms with E-state index in [0.29, 0.717) is 75.5 Å². The van der Waals surface area contributed by atoms with Crippen molar-refractivity contribution in [3.63, 3.8) is 0 Å². The third-order valence-electron chi connectivity index (χ3n) is 9.32. The Balaban J connectivity index is 1.08. The van der Waals surface area contributed by atoms with Crippen LogP contribution in [0.5, 0.6) is 5.88 Å². The number of alkyl halides is 3. The number of aliphatic hydroxyl groups excluding tert-OH is 1. The van der Waals surface area contributed by atoms with E-state index in [9.17, 15) is 23.5 Å². The highest BCUT2D eigenvalue weighted by molar-refractivity contribution is 5.77. The van der Waals surface area contributed by atoms with Gasteiger partial charge in [0.2, 0.25) is 5.88 Å². The summed E-state index contributed by atoms with van der Waals surface area (Å²) < 4.78 is 48.9. The number of pyridine rings is 1. The standard InChI is InChI=1S/C32H38F3N9O2/c1-3-26-29(38-20-39-30(26)37-2)22-14-40-44(16-22)31(9-10-36)18-43(19-31)23-4-6-25(7-5-23)46-28-13-21(12-27(41-28)32(33,34)35)15-42-11-8-24(45)17-42/h3,12-14,16,20,23-25,45H,1,4-9,11,15,17-19H2,2H3,(H,37,38,39)/t23-,24-,25+/m0/s1. The van der Waals surface area contributed by atoms with Crippen molar-refractivity contribution in [3.8, 4) is 23.2 Å². The molecule has 0 aromatic carbocycles. The molecule has 5 heterocycles. The fourth-order valence-corrected chi connectivity index (χ4v) is 6.94. The molecule has 2 saturated heterocycles. The minimum Gasteiger partial charge on any atom is -0.474 e. The van der Waals surface area contributed by atoms with E-state index >= 15 is 0 Å². The van der Waals surface area contributed by atoms with Gasteiger partial charge in [-0.05, 0) is 43.7 Å². The largest absolute Gasteiger partial charge is 0.474 e. The summed E-state index contributed by atoms with van der Waals surface area (Å²) in [4.78, 5) is 16.8. The summed E-state index contributed by atoms with van der Waals surface area (Å²) in [6.45, 7) is 6.61. The van der Waals surface area contributed by atoms with Gasteiger partial charge in [0.25, 0.3) is 0 Å². The number of nitrogens with zero attached hydrogens (tertiary/aromatic N) is 8. The number of nitriles is 1. The molecule has 244 valence electrons. The van der Waals surface area contributed by atoms with Gasteiger partial charge in [0.05, 0.1) is 30.5 Å². The van der Waals surface area contributed by atoms with Gasteiger partial charge in [-0.2, -0.15) is 23.5 Å². The fraction of sp³-hybridized carbons (Fsp3) is 0.531. The number of aromatic nitrogens is 5. The van der Waals surface area contributed by atoms with E-state index in [1.54, 1.807) is 25.4 Å². The van der Waals surface area contributed by atoms with Crippen LogP contribution in [0.2, 0.25) is 0 Å². The Morgan fingerprint density at radius 1 is 1.20 bits per heavy atom. The maximum atomic E-state index is 13.7. The minimum absolute atomic E-state index is 0.00960. The third-order valence-corrected chi connectivity index (χ3v) is 9.32. The van der Waals surface area contributed by atoms with Crippen LogP contribution in [0.1, 0.15) is 55.3 Å². The molecule has 3 aromatic rings. The van der Waals surface area contributed by atoms with E-state index in [1.807, 2.05) is 15.8 Å². The molecule has 0 amide bonds. The van der Waals surface area contributed by atoms with E-state index in [1.165, 1.54) is 6.33 Å². The van der Waals surface area contributed by atoms with Crippen molar-refractivity contribution in [3.05, 3.63) is 54.3 Å². The predicted octanol–water partition coefficient (Wildman–Crippen LogP) is 4.32. The van der Waals surface area contributed by atoms with Crippen LogP contribution in [0.4, 0.5) is 19.0 Å². The minimum atomic E-state index is -4.59. The molecule has 2 aliphatic heterocycles. The quantitative estimate of drug-likeness (QED) is 0.332. The van der Waals surface area contributed by atoms with Crippen LogP contribution in [0.3, 0.4) is 0 Å². The molecule has 1 saturated carbocycles. The summed E-state index contributed by atoms with van der Waals surface area (Å²) in [6.07, 6.45) is 5.55. The Bertz CT molecular complexity index is 1590. The van der Waals surface area contributed by atoms with Crippen LogP contribution in [0.15, 0.2) is 37.4 Å². The Hall–Kier alpha value is -4.06. The van der Waals surface area contributed by atoms with Gasteiger partial charge in [-0.15, -0.1) is 0 Å². The number of rotatable bonds is 10. The van der Waals surface area contributed by atoms with Gasteiger partial charge in [0, 0.05) is 69.2 Å². The van der Waals surface area contributed by atoms with E-state index in [-0.39, 0.29) is 18.0 Å². The van der Waals surface area contributed by atoms with Crippen LogP contribution in [-0.4, -0.2) is 91.1 Å². The Morgan fingerprint density at radius 2 is 1.98 bits per heavy atom. The summed E-state index contributed by atoms with van der Waals surface area (Å²) >= 11 is 0. The highest BCUT2D eigenvalue weighted by Crippen LogP contribution is 2.39. The number of β-amino-alcohol motifs (C(OH)–C–C–N with tert-alkyl or cyclic N) is 1. The third kappa shape index (κ3) is 6.58. The van der Waals surface area contributed by atoms with E-state index in [4.69, 9.17) is 4.74 Å². The summed E-state index contributed by atoms with van der Waals surface area (Å²) in [5, 5.41) is 27.2. The molecule has 11 nitrogen and oxygen atoms in total. The summed E-state index contributed by atoms with van der Waals surface area (Å²) in [6, 6.07) is 5.28. The monoisotopic (exact) mass is 637 g/mol. The van der Waals surface area contributed by atoms with E-state index in [0.717, 1.165) is 30.0 Å². The van der Waals surface area contributed by atoms with Crippen molar-refractivity contribution in [2.24, 2.45) is 0 Å². The molecule has 0 unspecified atom stereocenters. The predicted molar refractivity (Wildman–Crippen MR) is 164 cm³/mol. The van der Waals surface area contributed by atoms with E-state index < -0.39 is 23.5 Å². The molecular formula is C32H38F3N9O2. The molecule has 3 aromatic heterocycles. The van der Waals surface area contributed by atoms with Crippen molar-refractivity contribution in [1.29, 1.82) is 5.26 Å². The summed E-state index contributed by atoms with van der Waals surface area (Å²) in [7, 11) is 1.79. The van der Waals surface area contributed by atoms with Gasteiger partial charge in [-0.3, -0.25) is 14.5 Å². The van der Waals surface area contributed by atoms with Crippen LogP contribution < -0.4 is 10.1 Å². The molecule has 2 N–H and O–H groups in total. The van der Waals surface area contributed by atoms with Crippen LogP contribution in [0, 0.1) is 11.3 Å². The fourth-order valence-electron chi connectivity index (χ4n) is 6.94. The lowest BCUT2D eigenvalue weighted by Gasteiger charge is -2.53. The SMILES string of the molecule is C=Cc1c(NC)ncnc1-c1cnn(C2(CC#N)CN([C@H]3CC[C@@H](Oc4cc(CN5CC[C@H](O)C5)cc(C(F)(F)F)n4)CC3)C2)c1. The smallest absolute Gasteiger partial charge is 0.433 e. The number of nitrogens with one attached hydrogen (secondary N) is 1. The van der Waals surface area contributed by atoms with Gasteiger partial charge in [-0.25, -0.2) is 15.0 Å². The van der Waals surface area contributed by atoms with Crippen molar-refractivity contribution in [1.82, 2.24) is 34.5 Å². The van der Waals surface area contributed by atoms with Crippen molar-refractivity contribution >= 4 is 11.9 Å². The molecule has 0 bridgehead atoms. The van der Waals surface area contributed by atoms with Crippen molar-refractivity contribution in [2.75, 3.05) is 38.5 Å². The molecule has 3 aliphatic rings. The second-order valence-corrected chi connectivity index (χ2v) is 12.5. The topological polar surface area (TPSA) is 128 Å². The van der Waals surface area contributed by atoms with Crippen LogP contribution in [0.25, 0.3) is 17.3 Å². The average molecular weight is 638 g/mol. The van der Waals surface area contributed by atoms with Gasteiger partial charge >= 0.3 is 6.18 Å². The number of hydrogen-bond donors (Lipinski definition) is 2. The Kier molecular flexibility index (Phi) is 9.00. The lowest BCUT2D eigenvalue weighted by Crippen LogP contribution is -2.65. The first-order valence-electron chi connectivity index (χ1n) is 15.6. The number of halogens is 3. The van der Waals surface area contributed by atoms with Crippen LogP contribution >= 0.6 is 0 Å². The Labute approximate surface area is 265 Å². The first-order chi connectivity index (χ1) is 22.1. The number of hydrogen-bond acceptors (Lipinski definition) is 10. The zero-order valence-corrected chi connectivity index (χ0v) is 25.7. The van der Waals surface area contributed by atoms with Crippen molar-refractivity contribution in [2.45, 2.75) is 75.0 Å². The summed E-state index contributed by atoms with van der Waals surface area (Å²) in [5.41, 5.74) is 1.34. The lowest BCUT2D eigenvalue weighted by atomic mass is 9.82. The molecule has 0 radical (unpaired) electrons. The van der Waals surface area contributed by atoms with E-state index in [2.05, 4.69) is 42.9 Å². The molecule has 3 fully saturated rings. The Morgan fingerprint density at radius 3 is 2.63 bits per heavy atom. The van der Waals surface area contributed by atoms with Gasteiger partial charge in [0.1, 0.15) is 29.5 Å². The average Bonchev–Trinajstić information content (AvgIpc) is 3.67. The van der Waals surface area contributed by atoms with Crippen LogP contribution in [-0.2, 0) is 18.3 Å². The number of anilines is 1. The highest BCUT2D eigenvalue weighted by Gasteiger charge is 2.48. The maximum absolute atomic E-state index is 13.7. The highest BCUT2D eigenvalue weighted by atomic mass is 19.4. The number of ether oxygens (including phenoxy) is 1. The van der Waals surface area contributed by atoms with Gasteiger partial charge in [0.15, 0.2) is 0 Å². The zero-order chi connectivity index (χ0) is 32.5. The molecule has 6 rings (SSSR count). The van der Waals surface area contributed by atoms with Gasteiger partial charge in [-0.1, -0.05) is 12.7 Å². The first kappa shape index (κ1) is 31.9. The second-order valence-electron chi connectivity index (χ2n) is 12.5. The first-order valence-corrected chi connectivity index (χ1v) is 15.6. The normalized spacial score (nSPS) is 23.4. The number of aliphatic hydroxyl groups is 1. The zero-order valence-electron chi connectivity index (χ0n) is 25.7.